The van der Waals surface area contributed by atoms with E-state index in [0.29, 0.717) is 58.0 Å². The van der Waals surface area contributed by atoms with Gasteiger partial charge in [0.05, 0.1) is 11.7 Å². The van der Waals surface area contributed by atoms with Crippen molar-refractivity contribution in [2.75, 3.05) is 44.6 Å². The number of likely N-dealkylation sites (tertiary alicyclic amines) is 3. The lowest BCUT2D eigenvalue weighted by Crippen LogP contribution is -2.53. The van der Waals surface area contributed by atoms with Gasteiger partial charge in [-0.1, -0.05) is 30.7 Å². The van der Waals surface area contributed by atoms with Crippen molar-refractivity contribution in [3.63, 3.8) is 0 Å². The van der Waals surface area contributed by atoms with Crippen LogP contribution < -0.4 is 5.32 Å². The van der Waals surface area contributed by atoms with Crippen molar-refractivity contribution in [2.45, 2.75) is 83.0 Å². The Morgan fingerprint density at radius 1 is 0.935 bits per heavy atom. The minimum atomic E-state index is -0.912. The number of aromatic nitrogens is 2. The van der Waals surface area contributed by atoms with Gasteiger partial charge in [0.1, 0.15) is 0 Å². The zero-order valence-corrected chi connectivity index (χ0v) is 26.7. The van der Waals surface area contributed by atoms with Gasteiger partial charge in [-0.15, -0.1) is 0 Å². The molecule has 4 amide bonds. The zero-order valence-electron chi connectivity index (χ0n) is 26.7. The van der Waals surface area contributed by atoms with E-state index in [1.165, 1.54) is 19.3 Å². The van der Waals surface area contributed by atoms with E-state index in [1.807, 2.05) is 53.1 Å². The van der Waals surface area contributed by atoms with E-state index in [-0.39, 0.29) is 18.0 Å². The predicted octanol–water partition coefficient (Wildman–Crippen LogP) is 4.91. The molecule has 0 saturated carbocycles. The molecular formula is C35H45N7O4. The average Bonchev–Trinajstić information content (AvgIpc) is 3.57. The summed E-state index contributed by atoms with van der Waals surface area (Å²) in [4.78, 5) is 48.6. The number of aromatic amines is 1. The number of piperidine rings is 3. The fourth-order valence-corrected chi connectivity index (χ4v) is 7.84. The van der Waals surface area contributed by atoms with Gasteiger partial charge in [-0.3, -0.25) is 9.89 Å². The van der Waals surface area contributed by atoms with Gasteiger partial charge >= 0.3 is 12.1 Å². The maximum atomic E-state index is 14.0. The highest BCUT2D eigenvalue weighted by atomic mass is 16.6. The van der Waals surface area contributed by atoms with Crippen LogP contribution in [0.5, 0.6) is 0 Å². The molecule has 1 atom stereocenters. The first-order valence-corrected chi connectivity index (χ1v) is 17.0. The summed E-state index contributed by atoms with van der Waals surface area (Å²) in [6.07, 6.45) is 7.76. The molecule has 4 aliphatic rings. The van der Waals surface area contributed by atoms with E-state index in [1.54, 1.807) is 11.1 Å². The van der Waals surface area contributed by atoms with Gasteiger partial charge in [0, 0.05) is 62.3 Å². The molecule has 3 saturated heterocycles. The number of hydrogen-bond donors (Lipinski definition) is 2. The quantitative estimate of drug-likeness (QED) is 0.402. The number of amides is 4. The van der Waals surface area contributed by atoms with Crippen LogP contribution in [-0.4, -0.2) is 105 Å². The molecule has 5 heterocycles. The van der Waals surface area contributed by atoms with E-state index in [2.05, 4.69) is 20.4 Å². The van der Waals surface area contributed by atoms with Crippen LogP contribution in [0.1, 0.15) is 61.6 Å². The molecule has 0 bridgehead atoms. The molecule has 2 N–H and O–H groups in total. The molecule has 11 nitrogen and oxygen atoms in total. The molecule has 0 aliphatic carbocycles. The van der Waals surface area contributed by atoms with Crippen molar-refractivity contribution in [1.29, 1.82) is 0 Å². The van der Waals surface area contributed by atoms with Crippen molar-refractivity contribution in [1.82, 2.24) is 29.8 Å². The lowest BCUT2D eigenvalue weighted by atomic mass is 9.98. The second-order valence-corrected chi connectivity index (χ2v) is 13.4. The Labute approximate surface area is 270 Å². The summed E-state index contributed by atoms with van der Waals surface area (Å²) < 4.78 is 6.10. The number of H-pyrrole nitrogens is 1. The predicted molar refractivity (Wildman–Crippen MR) is 175 cm³/mol. The summed E-state index contributed by atoms with van der Waals surface area (Å²) in [7, 11) is 0. The minimum absolute atomic E-state index is 0.0284. The van der Waals surface area contributed by atoms with E-state index < -0.39 is 12.2 Å². The minimum Gasteiger partial charge on any atom is -0.436 e. The summed E-state index contributed by atoms with van der Waals surface area (Å²) in [6.45, 7) is 7.18. The van der Waals surface area contributed by atoms with Gasteiger partial charge in [-0.2, -0.15) is 5.10 Å². The number of urea groups is 1. The van der Waals surface area contributed by atoms with Crippen molar-refractivity contribution in [2.24, 2.45) is 0 Å². The number of carbonyl (C=O) groups excluding carboxylic acids is 3. The molecule has 46 heavy (non-hydrogen) atoms. The number of ether oxygens (including phenoxy) is 1. The molecule has 3 fully saturated rings. The van der Waals surface area contributed by atoms with Gasteiger partial charge < -0.3 is 29.7 Å². The monoisotopic (exact) mass is 627 g/mol. The molecule has 244 valence electrons. The highest BCUT2D eigenvalue weighted by Crippen LogP contribution is 2.29. The Hall–Kier alpha value is -4.12. The van der Waals surface area contributed by atoms with Crippen LogP contribution in [0.4, 0.5) is 15.3 Å². The molecule has 0 unspecified atom stereocenters. The summed E-state index contributed by atoms with van der Waals surface area (Å²) in [5, 5.41) is 11.2. The van der Waals surface area contributed by atoms with E-state index in [0.717, 1.165) is 59.2 Å². The topological polar surface area (TPSA) is 114 Å². The number of para-hydroxylation sites is 1. The van der Waals surface area contributed by atoms with Crippen molar-refractivity contribution < 1.29 is 19.1 Å². The third kappa shape index (κ3) is 6.42. The van der Waals surface area contributed by atoms with Gasteiger partial charge in [0.25, 0.3) is 5.91 Å². The van der Waals surface area contributed by atoms with Gasteiger partial charge in [0.15, 0.2) is 6.10 Å². The first kappa shape index (κ1) is 30.5. The molecule has 1 aromatic heterocycles. The largest absolute Gasteiger partial charge is 0.436 e. The number of nitrogens with zero attached hydrogens (tertiary/aromatic N) is 5. The van der Waals surface area contributed by atoms with Crippen LogP contribution in [0.2, 0.25) is 0 Å². The van der Waals surface area contributed by atoms with E-state index >= 15 is 0 Å². The molecule has 11 heteroatoms. The Balaban J connectivity index is 1.01. The van der Waals surface area contributed by atoms with E-state index in [9.17, 15) is 14.4 Å². The molecule has 2 aromatic carbocycles. The number of benzene rings is 2. The Bertz CT molecular complexity index is 1570. The van der Waals surface area contributed by atoms with Gasteiger partial charge in [0.2, 0.25) is 0 Å². The first-order valence-electron chi connectivity index (χ1n) is 17.0. The maximum Gasteiger partial charge on any atom is 0.410 e. The molecule has 0 spiro atoms. The number of carbonyl (C=O) groups is 3. The number of hydrogen-bond acceptors (Lipinski definition) is 6. The lowest BCUT2D eigenvalue weighted by molar-refractivity contribution is -0.142. The average molecular weight is 628 g/mol. The van der Waals surface area contributed by atoms with Crippen LogP contribution in [0.15, 0.2) is 42.6 Å². The van der Waals surface area contributed by atoms with Gasteiger partial charge in [-0.25, -0.2) is 9.59 Å². The number of anilines is 1. The van der Waals surface area contributed by atoms with Crippen molar-refractivity contribution >= 4 is 34.6 Å². The fourth-order valence-electron chi connectivity index (χ4n) is 7.84. The van der Waals surface area contributed by atoms with Crippen LogP contribution >= 0.6 is 0 Å². The second-order valence-electron chi connectivity index (χ2n) is 13.4. The standard InChI is InChI=1S/C35H45N7O4/c1-24-19-25(20-27-22-36-38-32(24)27)21-31(33(43)40-15-9-28(10-16-40)39-13-5-2-6-14-39)46-35(45)41-17-11-29(12-18-41)42-23-26-7-3-4-8-30(26)37-34(42)44/h3-4,7-8,19-20,22,28-29,31H,2,5-6,9-18,21,23H2,1H3,(H,36,38)(H,37,44)/t31-/m1/s1. The van der Waals surface area contributed by atoms with E-state index in [4.69, 9.17) is 4.74 Å². The number of fused-ring (bicyclic) bond motifs is 2. The summed E-state index contributed by atoms with van der Waals surface area (Å²) >= 11 is 0. The maximum absolute atomic E-state index is 14.0. The van der Waals surface area contributed by atoms with Crippen LogP contribution in [0.25, 0.3) is 10.9 Å². The van der Waals surface area contributed by atoms with Crippen LogP contribution in [-0.2, 0) is 22.5 Å². The Kier molecular flexibility index (Phi) is 8.84. The number of nitrogens with one attached hydrogen (secondary N) is 2. The third-order valence-corrected chi connectivity index (χ3v) is 10.5. The summed E-state index contributed by atoms with van der Waals surface area (Å²) in [6, 6.07) is 12.4. The molecule has 3 aromatic rings. The third-order valence-electron chi connectivity index (χ3n) is 10.5. The molecule has 0 radical (unpaired) electrons. The lowest BCUT2D eigenvalue weighted by Gasteiger charge is -2.41. The summed E-state index contributed by atoms with van der Waals surface area (Å²) in [5.74, 6) is -0.117. The summed E-state index contributed by atoms with van der Waals surface area (Å²) in [5.41, 5.74) is 4.90. The first-order chi connectivity index (χ1) is 22.4. The molecular weight excluding hydrogens is 582 g/mol. The fraction of sp³-hybridized carbons (Fsp3) is 0.543. The van der Waals surface area contributed by atoms with Crippen LogP contribution in [0.3, 0.4) is 0 Å². The molecule has 7 rings (SSSR count). The zero-order chi connectivity index (χ0) is 31.6. The van der Waals surface area contributed by atoms with Crippen LogP contribution in [0, 0.1) is 6.92 Å². The Morgan fingerprint density at radius 2 is 1.65 bits per heavy atom. The SMILES string of the molecule is Cc1cc(C[C@@H](OC(=O)N2CCC(N3Cc4ccccc4NC3=O)CC2)C(=O)N2CCC(N3CCCCC3)CC2)cc2cn[nH]c12. The second kappa shape index (κ2) is 13.3. The van der Waals surface area contributed by atoms with Crippen molar-refractivity contribution in [3.8, 4) is 0 Å². The molecule has 4 aliphatic heterocycles. The Morgan fingerprint density at radius 3 is 2.43 bits per heavy atom. The highest BCUT2D eigenvalue weighted by molar-refractivity contribution is 5.92. The number of rotatable bonds is 6. The van der Waals surface area contributed by atoms with Crippen molar-refractivity contribution in [3.05, 3.63) is 59.3 Å². The normalized spacial score (nSPS) is 20.8. The smallest absolute Gasteiger partial charge is 0.410 e. The van der Waals surface area contributed by atoms with Gasteiger partial charge in [-0.05, 0) is 87.4 Å². The highest BCUT2D eigenvalue weighted by Gasteiger charge is 2.36. The number of aryl methyl sites for hydroxylation is 1.